The molecule has 1 unspecified atom stereocenters. The molecule has 0 aliphatic rings. The number of methoxy groups -OCH3 is 1. The normalized spacial score (nSPS) is 15.4. The predicted molar refractivity (Wildman–Crippen MR) is 69.7 cm³/mol. The maximum absolute atomic E-state index is 10.4. The molecule has 0 radical (unpaired) electrons. The Bertz CT molecular complexity index is 157. The van der Waals surface area contributed by atoms with Crippen molar-refractivity contribution in [2.45, 2.75) is 71.3 Å². The summed E-state index contributed by atoms with van der Waals surface area (Å²) in [6.07, 6.45) is 8.48. The van der Waals surface area contributed by atoms with Gasteiger partial charge in [0.05, 0.1) is 12.2 Å². The molecule has 0 heterocycles. The zero-order chi connectivity index (χ0) is 12.4. The first-order valence-corrected chi connectivity index (χ1v) is 6.78. The van der Waals surface area contributed by atoms with Crippen LogP contribution in [0.2, 0.25) is 0 Å². The summed E-state index contributed by atoms with van der Waals surface area (Å²) in [7, 11) is 1.66. The summed E-state index contributed by atoms with van der Waals surface area (Å²) in [5.41, 5.74) is -0.625. The van der Waals surface area contributed by atoms with E-state index in [9.17, 15) is 5.11 Å². The van der Waals surface area contributed by atoms with Crippen molar-refractivity contribution >= 4 is 0 Å². The maximum Gasteiger partial charge on any atom is 0.0902 e. The van der Waals surface area contributed by atoms with Crippen LogP contribution in [-0.4, -0.2) is 24.4 Å². The Balaban J connectivity index is 3.68. The van der Waals surface area contributed by atoms with E-state index in [2.05, 4.69) is 20.8 Å². The molecule has 1 atom stereocenters. The van der Waals surface area contributed by atoms with Gasteiger partial charge in [0.25, 0.3) is 0 Å². The molecule has 2 nitrogen and oxygen atoms in total. The van der Waals surface area contributed by atoms with Gasteiger partial charge >= 0.3 is 0 Å². The molecule has 0 rings (SSSR count). The Morgan fingerprint density at radius 2 is 1.62 bits per heavy atom. The lowest BCUT2D eigenvalue weighted by Crippen LogP contribution is -2.39. The zero-order valence-electron chi connectivity index (χ0n) is 11.6. The molecule has 1 N–H and O–H groups in total. The number of aliphatic hydroxyl groups is 1. The van der Waals surface area contributed by atoms with E-state index in [0.717, 1.165) is 12.8 Å². The molecule has 0 saturated carbocycles. The number of ether oxygens (including phenoxy) is 1. The third-order valence-electron chi connectivity index (χ3n) is 3.43. The first kappa shape index (κ1) is 15.9. The van der Waals surface area contributed by atoms with Crippen LogP contribution in [0, 0.1) is 5.92 Å². The van der Waals surface area contributed by atoms with Gasteiger partial charge in [-0.1, -0.05) is 59.3 Å². The average molecular weight is 230 g/mol. The fourth-order valence-electron chi connectivity index (χ4n) is 1.99. The smallest absolute Gasteiger partial charge is 0.0902 e. The first-order chi connectivity index (χ1) is 7.56. The van der Waals surface area contributed by atoms with Crippen molar-refractivity contribution in [2.75, 3.05) is 13.7 Å². The van der Waals surface area contributed by atoms with Crippen molar-refractivity contribution in [3.8, 4) is 0 Å². The second kappa shape index (κ2) is 9.00. The van der Waals surface area contributed by atoms with E-state index < -0.39 is 5.60 Å². The van der Waals surface area contributed by atoms with Crippen LogP contribution in [0.15, 0.2) is 0 Å². The Kier molecular flexibility index (Phi) is 8.96. The Hall–Kier alpha value is -0.0800. The summed E-state index contributed by atoms with van der Waals surface area (Å²) >= 11 is 0. The average Bonchev–Trinajstić information content (AvgIpc) is 2.23. The van der Waals surface area contributed by atoms with Gasteiger partial charge in [-0.25, -0.2) is 0 Å². The summed E-state index contributed by atoms with van der Waals surface area (Å²) in [5.74, 6) is 0.267. The van der Waals surface area contributed by atoms with Gasteiger partial charge in [-0.15, -0.1) is 0 Å². The lowest BCUT2D eigenvalue weighted by atomic mass is 9.86. The van der Waals surface area contributed by atoms with Crippen LogP contribution in [0.3, 0.4) is 0 Å². The first-order valence-electron chi connectivity index (χ1n) is 6.78. The van der Waals surface area contributed by atoms with E-state index in [1.807, 2.05) is 0 Å². The zero-order valence-corrected chi connectivity index (χ0v) is 11.6. The van der Waals surface area contributed by atoms with Gasteiger partial charge in [-0.05, 0) is 12.3 Å². The molecule has 0 fully saturated rings. The van der Waals surface area contributed by atoms with E-state index in [4.69, 9.17) is 4.74 Å². The highest BCUT2D eigenvalue weighted by molar-refractivity contribution is 4.81. The Morgan fingerprint density at radius 1 is 1.06 bits per heavy atom. The second-order valence-corrected chi connectivity index (χ2v) is 5.21. The molecule has 0 amide bonds. The highest BCUT2D eigenvalue weighted by Crippen LogP contribution is 2.24. The summed E-state index contributed by atoms with van der Waals surface area (Å²) in [4.78, 5) is 0. The Labute approximate surface area is 101 Å². The standard InChI is InChI=1S/C14H30O2/c1-5-6-7-8-9-10-11-14(15,12-16-4)13(2)3/h13,15H,5-12H2,1-4H3. The molecule has 0 aromatic heterocycles. The fraction of sp³-hybridized carbons (Fsp3) is 1.00. The number of hydrogen-bond donors (Lipinski definition) is 1. The van der Waals surface area contributed by atoms with Gasteiger partial charge in [-0.2, -0.15) is 0 Å². The van der Waals surface area contributed by atoms with Gasteiger partial charge < -0.3 is 9.84 Å². The molecular weight excluding hydrogens is 200 g/mol. The van der Waals surface area contributed by atoms with Gasteiger partial charge in [0.1, 0.15) is 0 Å². The van der Waals surface area contributed by atoms with Crippen LogP contribution < -0.4 is 0 Å². The van der Waals surface area contributed by atoms with Crippen LogP contribution in [0.1, 0.15) is 65.7 Å². The monoisotopic (exact) mass is 230 g/mol. The molecule has 0 aromatic rings. The van der Waals surface area contributed by atoms with Crippen LogP contribution in [0.25, 0.3) is 0 Å². The minimum Gasteiger partial charge on any atom is -0.387 e. The van der Waals surface area contributed by atoms with Crippen LogP contribution in [-0.2, 0) is 4.74 Å². The fourth-order valence-corrected chi connectivity index (χ4v) is 1.99. The van der Waals surface area contributed by atoms with Gasteiger partial charge in [0, 0.05) is 7.11 Å². The predicted octanol–water partition coefficient (Wildman–Crippen LogP) is 3.77. The molecule has 0 saturated heterocycles. The van der Waals surface area contributed by atoms with Crippen LogP contribution >= 0.6 is 0 Å². The van der Waals surface area contributed by atoms with E-state index in [-0.39, 0.29) is 5.92 Å². The van der Waals surface area contributed by atoms with Crippen LogP contribution in [0.4, 0.5) is 0 Å². The molecule has 0 spiro atoms. The van der Waals surface area contributed by atoms with Gasteiger partial charge in [-0.3, -0.25) is 0 Å². The number of rotatable bonds is 10. The third kappa shape index (κ3) is 6.49. The van der Waals surface area contributed by atoms with Crippen LogP contribution in [0.5, 0.6) is 0 Å². The lowest BCUT2D eigenvalue weighted by molar-refractivity contribution is -0.0713. The van der Waals surface area contributed by atoms with Crippen molar-refractivity contribution < 1.29 is 9.84 Å². The van der Waals surface area contributed by atoms with Crippen molar-refractivity contribution in [3.63, 3.8) is 0 Å². The minimum atomic E-state index is -0.625. The molecule has 0 aliphatic heterocycles. The van der Waals surface area contributed by atoms with Crippen molar-refractivity contribution in [1.82, 2.24) is 0 Å². The van der Waals surface area contributed by atoms with E-state index in [1.54, 1.807) is 7.11 Å². The lowest BCUT2D eigenvalue weighted by Gasteiger charge is -2.31. The molecule has 98 valence electrons. The minimum absolute atomic E-state index is 0.267. The van der Waals surface area contributed by atoms with Gasteiger partial charge in [0.15, 0.2) is 0 Å². The summed E-state index contributed by atoms with van der Waals surface area (Å²) in [5, 5.41) is 10.4. The highest BCUT2D eigenvalue weighted by atomic mass is 16.5. The molecule has 2 heteroatoms. The topological polar surface area (TPSA) is 29.5 Å². The number of unbranched alkanes of at least 4 members (excludes halogenated alkanes) is 5. The second-order valence-electron chi connectivity index (χ2n) is 5.21. The summed E-state index contributed by atoms with van der Waals surface area (Å²) in [6, 6.07) is 0. The van der Waals surface area contributed by atoms with Crippen molar-refractivity contribution in [2.24, 2.45) is 5.92 Å². The number of hydrogen-bond acceptors (Lipinski definition) is 2. The van der Waals surface area contributed by atoms with Crippen molar-refractivity contribution in [1.29, 1.82) is 0 Å². The van der Waals surface area contributed by atoms with E-state index >= 15 is 0 Å². The molecule has 16 heavy (non-hydrogen) atoms. The largest absolute Gasteiger partial charge is 0.387 e. The van der Waals surface area contributed by atoms with E-state index in [1.165, 1.54) is 32.1 Å². The summed E-state index contributed by atoms with van der Waals surface area (Å²) < 4.78 is 5.11. The molecule has 0 bridgehead atoms. The SMILES string of the molecule is CCCCCCCCC(O)(COC)C(C)C. The maximum atomic E-state index is 10.4. The van der Waals surface area contributed by atoms with E-state index in [0.29, 0.717) is 6.61 Å². The molecular formula is C14H30O2. The van der Waals surface area contributed by atoms with Crippen molar-refractivity contribution in [3.05, 3.63) is 0 Å². The Morgan fingerprint density at radius 3 is 2.12 bits per heavy atom. The van der Waals surface area contributed by atoms with Gasteiger partial charge in [0.2, 0.25) is 0 Å². The summed E-state index contributed by atoms with van der Waals surface area (Å²) in [6.45, 7) is 6.82. The molecule has 0 aromatic carbocycles. The molecule has 0 aliphatic carbocycles. The third-order valence-corrected chi connectivity index (χ3v) is 3.43. The quantitative estimate of drug-likeness (QED) is 0.579. The highest BCUT2D eigenvalue weighted by Gasteiger charge is 2.30.